The third kappa shape index (κ3) is 4.96. The Morgan fingerprint density at radius 1 is 0.558 bits per heavy atom. The van der Waals surface area contributed by atoms with E-state index in [1.807, 2.05) is 85.8 Å². The third-order valence-electron chi connectivity index (χ3n) is 7.48. The highest BCUT2D eigenvalue weighted by molar-refractivity contribution is 5.95. The van der Waals surface area contributed by atoms with Gasteiger partial charge in [-0.25, -0.2) is 0 Å². The van der Waals surface area contributed by atoms with Crippen LogP contribution < -0.4 is 0 Å². The molecule has 2 heterocycles. The lowest BCUT2D eigenvalue weighted by molar-refractivity contribution is 0.555. The molecule has 0 saturated heterocycles. The molecule has 6 heteroatoms. The minimum atomic E-state index is 0.358. The second kappa shape index (κ2) is 10.8. The zero-order chi connectivity index (χ0) is 29.3. The van der Waals surface area contributed by atoms with Gasteiger partial charge in [0.2, 0.25) is 23.6 Å². The van der Waals surface area contributed by atoms with Crippen molar-refractivity contribution in [2.75, 3.05) is 0 Å². The van der Waals surface area contributed by atoms with Crippen LogP contribution in [0.3, 0.4) is 0 Å². The molecule has 0 N–H and O–H groups in total. The minimum absolute atomic E-state index is 0.358. The van der Waals surface area contributed by atoms with Gasteiger partial charge in [0.25, 0.3) is 0 Å². The summed E-state index contributed by atoms with van der Waals surface area (Å²) in [5.41, 5.74) is 6.04. The lowest BCUT2D eigenvalue weighted by Gasteiger charge is -2.06. The Balaban J connectivity index is 1.08. The lowest BCUT2D eigenvalue weighted by Crippen LogP contribution is -1.87. The molecule has 6 nitrogen and oxygen atoms in total. The molecule has 5 aromatic carbocycles. The zero-order valence-corrected chi connectivity index (χ0v) is 23.5. The molecule has 0 aliphatic heterocycles. The van der Waals surface area contributed by atoms with Gasteiger partial charge in [-0.3, -0.25) is 0 Å². The second-order valence-corrected chi connectivity index (χ2v) is 10.3. The third-order valence-corrected chi connectivity index (χ3v) is 7.48. The quantitative estimate of drug-likeness (QED) is 0.181. The van der Waals surface area contributed by atoms with Crippen molar-refractivity contribution in [2.24, 2.45) is 0 Å². The molecule has 7 aromatic rings. The van der Waals surface area contributed by atoms with E-state index in [-0.39, 0.29) is 0 Å². The molecule has 0 amide bonds. The predicted molar refractivity (Wildman–Crippen MR) is 172 cm³/mol. The Kier molecular flexibility index (Phi) is 6.56. The average Bonchev–Trinajstić information content (AvgIpc) is 3.74. The van der Waals surface area contributed by atoms with Gasteiger partial charge in [0.1, 0.15) is 0 Å². The summed E-state index contributed by atoms with van der Waals surface area (Å²) < 4.78 is 12.1. The number of hydrogen-bond donors (Lipinski definition) is 0. The Bertz CT molecular complexity index is 2190. The monoisotopic (exact) mass is 558 g/mol. The van der Waals surface area contributed by atoms with E-state index in [0.29, 0.717) is 29.1 Å². The van der Waals surface area contributed by atoms with Crippen molar-refractivity contribution < 1.29 is 8.83 Å². The summed E-state index contributed by atoms with van der Waals surface area (Å²) in [5.74, 6) is 1.78. The van der Waals surface area contributed by atoms with Crippen LogP contribution in [0.25, 0.3) is 67.1 Å². The molecule has 0 atom stereocenters. The van der Waals surface area contributed by atoms with Crippen LogP contribution in [-0.4, -0.2) is 20.4 Å². The van der Waals surface area contributed by atoms with Crippen molar-refractivity contribution in [1.29, 1.82) is 0 Å². The molecule has 0 spiro atoms. The van der Waals surface area contributed by atoms with Gasteiger partial charge in [0.15, 0.2) is 0 Å². The fourth-order valence-electron chi connectivity index (χ4n) is 5.20. The van der Waals surface area contributed by atoms with E-state index in [9.17, 15) is 0 Å². The summed E-state index contributed by atoms with van der Waals surface area (Å²) in [7, 11) is 0. The maximum absolute atomic E-state index is 6.14. The zero-order valence-electron chi connectivity index (χ0n) is 23.5. The first kappa shape index (κ1) is 26.0. The second-order valence-electron chi connectivity index (χ2n) is 10.3. The number of benzene rings is 5. The van der Waals surface area contributed by atoms with Gasteiger partial charge < -0.3 is 8.83 Å². The maximum Gasteiger partial charge on any atom is 0.248 e. The Morgan fingerprint density at radius 3 is 1.74 bits per heavy atom. The maximum atomic E-state index is 6.14. The van der Waals surface area contributed by atoms with Gasteiger partial charge in [0, 0.05) is 22.3 Å². The summed E-state index contributed by atoms with van der Waals surface area (Å²) >= 11 is 0. The molecule has 0 bridgehead atoms. The molecule has 0 aliphatic rings. The molecule has 206 valence electrons. The summed E-state index contributed by atoms with van der Waals surface area (Å²) in [4.78, 5) is 0. The standard InChI is InChI=1S/C37H26N4O2/c1-23(18-19-24(2)34-38-40-36(42-34)32-16-8-12-26-10-4-6-14-30(26)32)28-20-21-29(25(3)22-28)35-39-41-37(43-35)33-17-9-13-27-11-5-7-15-31(27)33/h4-22H,1-2H2,3H3/b19-18-. The first-order valence-electron chi connectivity index (χ1n) is 13.9. The van der Waals surface area contributed by atoms with Crippen molar-refractivity contribution in [2.45, 2.75) is 6.92 Å². The minimum Gasteiger partial charge on any atom is -0.416 e. The van der Waals surface area contributed by atoms with E-state index in [1.165, 1.54) is 0 Å². The van der Waals surface area contributed by atoms with E-state index in [4.69, 9.17) is 8.83 Å². The number of fused-ring (bicyclic) bond motifs is 2. The van der Waals surface area contributed by atoms with Gasteiger partial charge in [-0.05, 0) is 69.4 Å². The first-order chi connectivity index (χ1) is 21.0. The van der Waals surface area contributed by atoms with Crippen LogP contribution in [0.2, 0.25) is 0 Å². The molecule has 7 rings (SSSR count). The Hall–Kier alpha value is -5.88. The normalized spacial score (nSPS) is 11.5. The molecular formula is C37H26N4O2. The van der Waals surface area contributed by atoms with E-state index in [1.54, 1.807) is 0 Å². The molecule has 43 heavy (non-hydrogen) atoms. The van der Waals surface area contributed by atoms with E-state index in [2.05, 4.69) is 70.0 Å². The number of aryl methyl sites for hydroxylation is 1. The summed E-state index contributed by atoms with van der Waals surface area (Å²) in [6.07, 6.45) is 3.73. The Morgan fingerprint density at radius 2 is 1.09 bits per heavy atom. The van der Waals surface area contributed by atoms with Crippen molar-refractivity contribution in [1.82, 2.24) is 20.4 Å². The lowest BCUT2D eigenvalue weighted by atomic mass is 10.00. The van der Waals surface area contributed by atoms with Crippen LogP contribution >= 0.6 is 0 Å². The van der Waals surface area contributed by atoms with Gasteiger partial charge in [-0.15, -0.1) is 20.4 Å². The molecule has 0 fully saturated rings. The largest absolute Gasteiger partial charge is 0.416 e. The summed E-state index contributed by atoms with van der Waals surface area (Å²) in [6, 6.07) is 34.4. The summed E-state index contributed by atoms with van der Waals surface area (Å²) in [5, 5.41) is 21.6. The highest BCUT2D eigenvalue weighted by atomic mass is 16.4. The first-order valence-corrected chi connectivity index (χ1v) is 13.9. The van der Waals surface area contributed by atoms with Crippen molar-refractivity contribution in [3.05, 3.63) is 145 Å². The van der Waals surface area contributed by atoms with Crippen LogP contribution in [0.15, 0.2) is 137 Å². The molecule has 0 radical (unpaired) electrons. The Labute approximate surface area is 248 Å². The van der Waals surface area contributed by atoms with Gasteiger partial charge in [-0.1, -0.05) is 104 Å². The predicted octanol–water partition coefficient (Wildman–Crippen LogP) is 9.35. The van der Waals surface area contributed by atoms with Crippen molar-refractivity contribution in [3.8, 4) is 34.4 Å². The highest BCUT2D eigenvalue weighted by Crippen LogP contribution is 2.32. The van der Waals surface area contributed by atoms with E-state index < -0.39 is 0 Å². The average molecular weight is 559 g/mol. The van der Waals surface area contributed by atoms with Gasteiger partial charge >= 0.3 is 0 Å². The SMILES string of the molecule is C=C(/C=C\C(=C)c1nnc(-c2cccc3ccccc23)o1)c1ccc(-c2nnc(-c3cccc4ccccc34)o2)c(C)c1. The summed E-state index contributed by atoms with van der Waals surface area (Å²) in [6.45, 7) is 10.4. The smallest absolute Gasteiger partial charge is 0.248 e. The number of allylic oxidation sites excluding steroid dienone is 4. The van der Waals surface area contributed by atoms with Crippen molar-refractivity contribution in [3.63, 3.8) is 0 Å². The van der Waals surface area contributed by atoms with Gasteiger partial charge in [-0.2, -0.15) is 0 Å². The van der Waals surface area contributed by atoms with E-state index >= 15 is 0 Å². The van der Waals surface area contributed by atoms with E-state index in [0.717, 1.165) is 54.9 Å². The number of hydrogen-bond acceptors (Lipinski definition) is 6. The van der Waals surface area contributed by atoms with Crippen molar-refractivity contribution >= 4 is 32.7 Å². The van der Waals surface area contributed by atoms with Crippen LogP contribution in [0.1, 0.15) is 17.0 Å². The van der Waals surface area contributed by atoms with Crippen LogP contribution in [-0.2, 0) is 0 Å². The molecular weight excluding hydrogens is 532 g/mol. The molecule has 0 unspecified atom stereocenters. The number of aromatic nitrogens is 4. The van der Waals surface area contributed by atoms with Gasteiger partial charge in [0.05, 0.1) is 0 Å². The molecule has 0 saturated carbocycles. The fourth-order valence-corrected chi connectivity index (χ4v) is 5.20. The van der Waals surface area contributed by atoms with Crippen LogP contribution in [0.5, 0.6) is 0 Å². The highest BCUT2D eigenvalue weighted by Gasteiger charge is 2.16. The fraction of sp³-hybridized carbons (Fsp3) is 0.0270. The number of nitrogens with zero attached hydrogens (tertiary/aromatic N) is 4. The van der Waals surface area contributed by atoms with Crippen LogP contribution in [0, 0.1) is 6.92 Å². The number of rotatable bonds is 7. The molecule has 0 aliphatic carbocycles. The van der Waals surface area contributed by atoms with Crippen LogP contribution in [0.4, 0.5) is 0 Å². The molecule has 2 aromatic heterocycles. The topological polar surface area (TPSA) is 77.8 Å².